The monoisotopic (exact) mass is 1260 g/mol. The van der Waals surface area contributed by atoms with Crippen LogP contribution in [0.1, 0.15) is 97.9 Å². The topological polar surface area (TPSA) is 240 Å². The fourth-order valence-corrected chi connectivity index (χ4v) is 12.2. The molecule has 2 heterocycles. The molecule has 8 N–H and O–H groups in total. The molecule has 8 atom stereocenters. The van der Waals surface area contributed by atoms with E-state index in [1.807, 2.05) is 213 Å². The van der Waals surface area contributed by atoms with E-state index in [2.05, 4.69) is 31.9 Å². The average Bonchev–Trinajstić information content (AvgIpc) is 1.31. The van der Waals surface area contributed by atoms with Gasteiger partial charge in [-0.05, 0) is 135 Å². The molecule has 8 rings (SSSR count). The molecule has 0 aromatic heterocycles. The standard InChI is InChI=1S/2C37H48N4O5/c2*1-25(2)34(41-20-12-19-38-37(41)45)36(44)39-30(21-28-15-7-5-8-16-28)23-32(42)31(22-29-17-9-6-10-18-29)40-33(43)24-46-35-26(3)13-11-14-27(35)4/h2*5-11,13-18,25,30-32,34,42H,12,19-24H2,1-4H3,(H,38,45)(H,39,44)(H,40,43)/t2*30-,31-,32-,34-/m00/s1. The summed E-state index contributed by atoms with van der Waals surface area (Å²) in [4.78, 5) is 82.7. The molecule has 0 unspecified atom stereocenters. The lowest BCUT2D eigenvalue weighted by atomic mass is 9.92. The van der Waals surface area contributed by atoms with E-state index in [-0.39, 0.29) is 73.6 Å². The number of aliphatic hydroxyl groups excluding tert-OH is 2. The number of ether oxygens (including phenoxy) is 2. The molecule has 0 saturated carbocycles. The third kappa shape index (κ3) is 21.7. The summed E-state index contributed by atoms with van der Waals surface area (Å²) >= 11 is 0. The number of carbonyl (C=O) groups excluding carboxylic acids is 6. The highest BCUT2D eigenvalue weighted by Gasteiger charge is 2.38. The van der Waals surface area contributed by atoms with Gasteiger partial charge in [0.25, 0.3) is 11.8 Å². The molecule has 0 radical (unpaired) electrons. The molecule has 492 valence electrons. The predicted octanol–water partition coefficient (Wildman–Crippen LogP) is 8.66. The second kappa shape index (κ2) is 35.8. The normalized spacial score (nSPS) is 15.8. The lowest BCUT2D eigenvalue weighted by Crippen LogP contribution is -2.59. The van der Waals surface area contributed by atoms with Gasteiger partial charge in [0.05, 0.1) is 24.3 Å². The molecule has 6 aromatic carbocycles. The number of urea groups is 2. The molecule has 18 heteroatoms. The van der Waals surface area contributed by atoms with Crippen molar-refractivity contribution < 1.29 is 48.5 Å². The first-order valence-corrected chi connectivity index (χ1v) is 32.4. The second-order valence-electron chi connectivity index (χ2n) is 25.1. The van der Waals surface area contributed by atoms with Crippen LogP contribution in [0.15, 0.2) is 158 Å². The number of hydrogen-bond donors (Lipinski definition) is 8. The summed E-state index contributed by atoms with van der Waals surface area (Å²) in [5.41, 5.74) is 7.68. The van der Waals surface area contributed by atoms with Crippen molar-refractivity contribution in [1.29, 1.82) is 0 Å². The highest BCUT2D eigenvalue weighted by molar-refractivity contribution is 5.89. The summed E-state index contributed by atoms with van der Waals surface area (Å²) in [5.74, 6) is -0.0986. The van der Waals surface area contributed by atoms with Crippen LogP contribution in [0.2, 0.25) is 0 Å². The van der Waals surface area contributed by atoms with Gasteiger partial charge in [-0.25, -0.2) is 9.59 Å². The summed E-state index contributed by atoms with van der Waals surface area (Å²) in [5, 5.41) is 41.5. The maximum Gasteiger partial charge on any atom is 0.318 e. The summed E-state index contributed by atoms with van der Waals surface area (Å²) in [7, 11) is 0. The molecule has 92 heavy (non-hydrogen) atoms. The first kappa shape index (κ1) is 70.7. The molecular formula is C74H96N8O10. The van der Waals surface area contributed by atoms with Crippen molar-refractivity contribution in [3.63, 3.8) is 0 Å². The average molecular weight is 1260 g/mol. The molecule has 2 aliphatic rings. The van der Waals surface area contributed by atoms with Gasteiger partial charge in [-0.3, -0.25) is 19.2 Å². The van der Waals surface area contributed by atoms with Gasteiger partial charge in [-0.15, -0.1) is 0 Å². The predicted molar refractivity (Wildman–Crippen MR) is 359 cm³/mol. The fraction of sp³-hybridized carbons (Fsp3) is 0.432. The smallest absolute Gasteiger partial charge is 0.318 e. The molecule has 0 aliphatic carbocycles. The van der Waals surface area contributed by atoms with Crippen LogP contribution in [-0.2, 0) is 44.9 Å². The van der Waals surface area contributed by atoms with Crippen LogP contribution in [0.5, 0.6) is 11.5 Å². The van der Waals surface area contributed by atoms with Gasteiger partial charge < -0.3 is 61.4 Å². The maximum absolute atomic E-state index is 13.8. The number of benzene rings is 6. The Kier molecular flexibility index (Phi) is 27.5. The maximum atomic E-state index is 13.8. The third-order valence-electron chi connectivity index (χ3n) is 16.8. The Hall–Kier alpha value is -8.74. The SMILES string of the molecule is Cc1cccc(C)c1OCC(=O)N[C@@H](Cc1ccccc1)[C@@H](O)C[C@H](Cc1ccccc1)NC(=O)[C@H](C(C)C)N1CCCNC1=O.Cc1cccc(C)c1OCC(=O)N[C@@H](Cc1ccccc1)[C@@H](O)C[C@H](Cc1ccccc1)NC(=O)[C@H](C(C)C)N1CCCNC1=O. The minimum atomic E-state index is -0.992. The van der Waals surface area contributed by atoms with Crippen LogP contribution in [0.4, 0.5) is 9.59 Å². The van der Waals surface area contributed by atoms with Gasteiger partial charge >= 0.3 is 12.1 Å². The van der Waals surface area contributed by atoms with E-state index in [9.17, 15) is 39.0 Å². The summed E-state index contributed by atoms with van der Waals surface area (Å²) in [6, 6.07) is 46.6. The van der Waals surface area contributed by atoms with Crippen molar-refractivity contribution in [1.82, 2.24) is 41.7 Å². The molecular weight excluding hydrogens is 1160 g/mol. The molecule has 8 amide bonds. The lowest BCUT2D eigenvalue weighted by Gasteiger charge is -2.37. The Labute approximate surface area is 543 Å². The van der Waals surface area contributed by atoms with Crippen LogP contribution in [0, 0.1) is 39.5 Å². The first-order chi connectivity index (χ1) is 44.2. The van der Waals surface area contributed by atoms with Gasteiger partial charge in [0.1, 0.15) is 23.6 Å². The minimum Gasteiger partial charge on any atom is -0.483 e. The van der Waals surface area contributed by atoms with E-state index in [0.717, 1.165) is 57.3 Å². The summed E-state index contributed by atoms with van der Waals surface area (Å²) in [6.07, 6.45) is 1.66. The molecule has 0 bridgehead atoms. The molecule has 0 spiro atoms. The Bertz CT molecular complexity index is 3040. The van der Waals surface area contributed by atoms with Crippen molar-refractivity contribution in [3.8, 4) is 11.5 Å². The Morgan fingerprint density at radius 3 is 1.04 bits per heavy atom. The number of rotatable bonds is 30. The van der Waals surface area contributed by atoms with Crippen molar-refractivity contribution in [2.24, 2.45) is 11.8 Å². The van der Waals surface area contributed by atoms with E-state index >= 15 is 0 Å². The van der Waals surface area contributed by atoms with Crippen molar-refractivity contribution in [2.45, 2.75) is 155 Å². The number of hydrogen-bond acceptors (Lipinski definition) is 10. The van der Waals surface area contributed by atoms with Crippen molar-refractivity contribution >= 4 is 35.7 Å². The van der Waals surface area contributed by atoms with Crippen molar-refractivity contribution in [3.05, 3.63) is 202 Å². The number of aliphatic hydroxyl groups is 2. The zero-order valence-electron chi connectivity index (χ0n) is 54.7. The lowest BCUT2D eigenvalue weighted by molar-refractivity contribution is -0.129. The number of nitrogens with one attached hydrogen (secondary N) is 6. The Morgan fingerprint density at radius 1 is 0.446 bits per heavy atom. The molecule has 18 nitrogen and oxygen atoms in total. The van der Waals surface area contributed by atoms with E-state index < -0.39 is 48.5 Å². The fourth-order valence-electron chi connectivity index (χ4n) is 12.2. The van der Waals surface area contributed by atoms with Crippen LogP contribution in [0.25, 0.3) is 0 Å². The zero-order chi connectivity index (χ0) is 66.1. The Balaban J connectivity index is 0.000000261. The zero-order valence-corrected chi connectivity index (χ0v) is 54.7. The highest BCUT2D eigenvalue weighted by Crippen LogP contribution is 2.25. The third-order valence-corrected chi connectivity index (χ3v) is 16.8. The Morgan fingerprint density at radius 2 is 0.750 bits per heavy atom. The van der Waals surface area contributed by atoms with Crippen LogP contribution in [-0.4, -0.2) is 144 Å². The van der Waals surface area contributed by atoms with Gasteiger partial charge in [0, 0.05) is 38.3 Å². The van der Waals surface area contributed by atoms with Gasteiger partial charge in [-0.2, -0.15) is 0 Å². The molecule has 2 saturated heterocycles. The van der Waals surface area contributed by atoms with Gasteiger partial charge in [-0.1, -0.05) is 185 Å². The first-order valence-electron chi connectivity index (χ1n) is 32.4. The molecule has 2 fully saturated rings. The van der Waals surface area contributed by atoms with Crippen LogP contribution >= 0.6 is 0 Å². The largest absolute Gasteiger partial charge is 0.483 e. The van der Waals surface area contributed by atoms with Crippen LogP contribution < -0.4 is 41.4 Å². The summed E-state index contributed by atoms with van der Waals surface area (Å²) < 4.78 is 11.8. The molecule has 6 aromatic rings. The molecule has 2 aliphatic heterocycles. The highest BCUT2D eigenvalue weighted by atomic mass is 16.5. The van der Waals surface area contributed by atoms with Crippen LogP contribution in [0.3, 0.4) is 0 Å². The number of carbonyl (C=O) groups is 6. The quantitative estimate of drug-likeness (QED) is 0.0214. The number of aryl methyl sites for hydroxylation is 4. The van der Waals surface area contributed by atoms with Crippen molar-refractivity contribution in [2.75, 3.05) is 39.4 Å². The minimum absolute atomic E-state index is 0.117. The van der Waals surface area contributed by atoms with E-state index in [1.54, 1.807) is 9.80 Å². The number of nitrogens with zero attached hydrogens (tertiary/aromatic N) is 2. The number of amides is 8. The summed E-state index contributed by atoms with van der Waals surface area (Å²) in [6.45, 7) is 17.3. The number of para-hydroxylation sites is 2. The second-order valence-corrected chi connectivity index (χ2v) is 25.1. The van der Waals surface area contributed by atoms with E-state index in [4.69, 9.17) is 9.47 Å². The van der Waals surface area contributed by atoms with E-state index in [0.29, 0.717) is 63.4 Å². The van der Waals surface area contributed by atoms with Gasteiger partial charge in [0.2, 0.25) is 11.8 Å². The van der Waals surface area contributed by atoms with E-state index in [1.165, 1.54) is 0 Å². The van der Waals surface area contributed by atoms with Gasteiger partial charge in [0.15, 0.2) is 13.2 Å².